The van der Waals surface area contributed by atoms with E-state index in [4.69, 9.17) is 15.1 Å². The molecule has 4 nitrogen and oxygen atoms in total. The van der Waals surface area contributed by atoms with Crippen molar-refractivity contribution in [2.45, 2.75) is 0 Å². The van der Waals surface area contributed by atoms with Crippen LogP contribution in [-0.2, 0) is 0 Å². The van der Waals surface area contributed by atoms with Crippen molar-refractivity contribution in [2.75, 3.05) is 7.05 Å². The number of benzene rings is 1. The fourth-order valence-electron chi connectivity index (χ4n) is 0.637. The van der Waals surface area contributed by atoms with E-state index in [1.807, 2.05) is 0 Å². The van der Waals surface area contributed by atoms with Gasteiger partial charge in [0.1, 0.15) is 11.5 Å². The number of hydrazine groups is 1. The molecule has 0 aliphatic heterocycles. The Balaban J connectivity index is 0.00000144. The standard InChI is InChI=1S/C7H10N2O2S.H2S/c1-9(8)12-11-7-4-2-3-6(10)5-7;/h2-5,10H,8H2,1H3;1H2. The molecule has 0 radical (unpaired) electrons. The van der Waals surface area contributed by atoms with E-state index in [-0.39, 0.29) is 19.2 Å². The highest BCUT2D eigenvalue weighted by molar-refractivity contribution is 7.92. The average molecular weight is 220 g/mol. The zero-order valence-corrected chi connectivity index (χ0v) is 8.91. The van der Waals surface area contributed by atoms with Crippen LogP contribution in [0.4, 0.5) is 0 Å². The molecule has 1 aromatic carbocycles. The summed E-state index contributed by atoms with van der Waals surface area (Å²) in [5.41, 5.74) is 0. The van der Waals surface area contributed by atoms with E-state index in [1.165, 1.54) is 10.5 Å². The molecule has 0 fully saturated rings. The zero-order chi connectivity index (χ0) is 8.97. The summed E-state index contributed by atoms with van der Waals surface area (Å²) in [5, 5.41) is 9.04. The number of nitrogens with two attached hydrogens (primary N) is 1. The third kappa shape index (κ3) is 4.89. The van der Waals surface area contributed by atoms with E-state index in [2.05, 4.69) is 0 Å². The van der Waals surface area contributed by atoms with Gasteiger partial charge in [-0.15, -0.1) is 0 Å². The summed E-state index contributed by atoms with van der Waals surface area (Å²) in [5.74, 6) is 6.03. The minimum Gasteiger partial charge on any atom is -0.508 e. The van der Waals surface area contributed by atoms with Gasteiger partial charge in [0.2, 0.25) is 0 Å². The second kappa shape index (κ2) is 5.98. The summed E-state index contributed by atoms with van der Waals surface area (Å²) in [4.78, 5) is 0. The van der Waals surface area contributed by atoms with Gasteiger partial charge in [-0.2, -0.15) is 17.9 Å². The zero-order valence-electron chi connectivity index (χ0n) is 7.10. The van der Waals surface area contributed by atoms with Crippen molar-refractivity contribution < 1.29 is 9.29 Å². The average Bonchev–Trinajstić information content (AvgIpc) is 2.01. The summed E-state index contributed by atoms with van der Waals surface area (Å²) >= 11 is 0.993. The van der Waals surface area contributed by atoms with Crippen LogP contribution in [0.2, 0.25) is 0 Å². The number of phenols is 1. The largest absolute Gasteiger partial charge is 0.508 e. The predicted molar refractivity (Wildman–Crippen MR) is 58.7 cm³/mol. The van der Waals surface area contributed by atoms with Crippen molar-refractivity contribution in [2.24, 2.45) is 5.84 Å². The lowest BCUT2D eigenvalue weighted by atomic mass is 10.3. The first-order valence-corrected chi connectivity index (χ1v) is 4.00. The van der Waals surface area contributed by atoms with Crippen LogP contribution in [0.5, 0.6) is 11.5 Å². The highest BCUT2D eigenvalue weighted by Crippen LogP contribution is 2.21. The van der Waals surface area contributed by atoms with Gasteiger partial charge in [0, 0.05) is 13.1 Å². The summed E-state index contributed by atoms with van der Waals surface area (Å²) in [6.07, 6.45) is 0. The molecule has 0 spiro atoms. The van der Waals surface area contributed by atoms with Crippen LogP contribution in [0.3, 0.4) is 0 Å². The van der Waals surface area contributed by atoms with Crippen LogP contribution < -0.4 is 10.0 Å². The molecule has 6 heteroatoms. The highest BCUT2D eigenvalue weighted by atomic mass is 32.2. The fourth-order valence-corrected chi connectivity index (χ4v) is 0.944. The van der Waals surface area contributed by atoms with E-state index in [0.717, 1.165) is 12.2 Å². The van der Waals surface area contributed by atoms with Gasteiger partial charge in [-0.3, -0.25) is 5.84 Å². The van der Waals surface area contributed by atoms with Crippen LogP contribution in [0.1, 0.15) is 0 Å². The topological polar surface area (TPSA) is 58.7 Å². The molecular weight excluding hydrogens is 208 g/mol. The fraction of sp³-hybridized carbons (Fsp3) is 0.143. The molecule has 3 N–H and O–H groups in total. The van der Waals surface area contributed by atoms with Crippen molar-refractivity contribution in [1.29, 1.82) is 0 Å². The monoisotopic (exact) mass is 220 g/mol. The first-order valence-electron chi connectivity index (χ1n) is 3.30. The molecule has 0 atom stereocenters. The third-order valence-corrected chi connectivity index (χ3v) is 1.57. The summed E-state index contributed by atoms with van der Waals surface area (Å²) in [6, 6.07) is 6.51. The summed E-state index contributed by atoms with van der Waals surface area (Å²) in [6.45, 7) is 0. The van der Waals surface area contributed by atoms with E-state index in [1.54, 1.807) is 25.2 Å². The van der Waals surface area contributed by atoms with Crippen LogP contribution in [0, 0.1) is 0 Å². The Labute approximate surface area is 88.4 Å². The number of hydrogen-bond acceptors (Lipinski definition) is 5. The second-order valence-electron chi connectivity index (χ2n) is 2.20. The minimum absolute atomic E-state index is 0. The van der Waals surface area contributed by atoms with Crippen molar-refractivity contribution in [3.63, 3.8) is 0 Å². The molecule has 0 unspecified atom stereocenters. The molecule has 0 aliphatic rings. The number of phenolic OH excluding ortho intramolecular Hbond substituents is 1. The molecule has 1 aromatic rings. The molecule has 0 heterocycles. The maximum atomic E-state index is 9.04. The van der Waals surface area contributed by atoms with Gasteiger partial charge in [-0.1, -0.05) is 6.07 Å². The van der Waals surface area contributed by atoms with E-state index in [0.29, 0.717) is 5.75 Å². The molecule has 0 saturated carbocycles. The lowest BCUT2D eigenvalue weighted by molar-refractivity contribution is 0.470. The van der Waals surface area contributed by atoms with Gasteiger partial charge in [-0.05, 0) is 12.1 Å². The van der Waals surface area contributed by atoms with Crippen LogP contribution in [-0.4, -0.2) is 16.6 Å². The van der Waals surface area contributed by atoms with Gasteiger partial charge in [0.15, 0.2) is 12.2 Å². The number of aromatic hydroxyl groups is 1. The maximum absolute atomic E-state index is 9.04. The first kappa shape index (κ1) is 12.4. The van der Waals surface area contributed by atoms with Crippen LogP contribution in [0.15, 0.2) is 24.3 Å². The molecule has 1 rings (SSSR count). The molecule has 13 heavy (non-hydrogen) atoms. The first-order chi connectivity index (χ1) is 5.68. The Kier molecular flexibility index (Phi) is 5.72. The molecule has 0 amide bonds. The van der Waals surface area contributed by atoms with Crippen molar-refractivity contribution in [3.05, 3.63) is 24.3 Å². The Morgan fingerprint density at radius 1 is 1.54 bits per heavy atom. The van der Waals surface area contributed by atoms with Gasteiger partial charge in [0.25, 0.3) is 0 Å². The molecule has 0 bridgehead atoms. The van der Waals surface area contributed by atoms with E-state index >= 15 is 0 Å². The van der Waals surface area contributed by atoms with Gasteiger partial charge in [0.05, 0.1) is 0 Å². The Hall–Kier alpha value is -0.560. The SMILES string of the molecule is CN(N)SOc1cccc(O)c1.S. The summed E-state index contributed by atoms with van der Waals surface area (Å²) in [7, 11) is 1.66. The Bertz CT molecular complexity index is 258. The molecule has 0 aromatic heterocycles. The minimum atomic E-state index is 0. The van der Waals surface area contributed by atoms with Gasteiger partial charge >= 0.3 is 0 Å². The van der Waals surface area contributed by atoms with Crippen molar-refractivity contribution in [3.8, 4) is 11.5 Å². The van der Waals surface area contributed by atoms with Gasteiger partial charge < -0.3 is 9.29 Å². The van der Waals surface area contributed by atoms with E-state index < -0.39 is 0 Å². The van der Waals surface area contributed by atoms with Gasteiger partial charge in [-0.25, -0.2) is 0 Å². The smallest absolute Gasteiger partial charge is 0.161 e. The number of nitrogens with zero attached hydrogens (tertiary/aromatic N) is 1. The predicted octanol–water partition coefficient (Wildman–Crippen LogP) is 1.25. The van der Waals surface area contributed by atoms with Crippen molar-refractivity contribution >= 4 is 25.7 Å². The summed E-state index contributed by atoms with van der Waals surface area (Å²) < 4.78 is 6.43. The Morgan fingerprint density at radius 3 is 2.77 bits per heavy atom. The van der Waals surface area contributed by atoms with Crippen molar-refractivity contribution in [1.82, 2.24) is 4.41 Å². The molecule has 74 valence electrons. The third-order valence-electron chi connectivity index (χ3n) is 1.07. The van der Waals surface area contributed by atoms with Crippen LogP contribution >= 0.6 is 25.7 Å². The quantitative estimate of drug-likeness (QED) is 0.347. The highest BCUT2D eigenvalue weighted by Gasteiger charge is 1.97. The maximum Gasteiger partial charge on any atom is 0.161 e. The normalized spacial score (nSPS) is 9.46. The molecule has 0 saturated heterocycles. The van der Waals surface area contributed by atoms with Crippen LogP contribution in [0.25, 0.3) is 0 Å². The molecular formula is C7H12N2O2S2. The second-order valence-corrected chi connectivity index (χ2v) is 3.09. The number of rotatable bonds is 3. The molecule has 0 aliphatic carbocycles. The lowest BCUT2D eigenvalue weighted by Gasteiger charge is -2.07. The Morgan fingerprint density at radius 2 is 2.23 bits per heavy atom. The number of hydrogen-bond donors (Lipinski definition) is 2. The van der Waals surface area contributed by atoms with E-state index in [9.17, 15) is 0 Å². The lowest BCUT2D eigenvalue weighted by Crippen LogP contribution is -2.18.